The Kier molecular flexibility index (Phi) is 4.45. The van der Waals surface area contributed by atoms with Gasteiger partial charge < -0.3 is 4.90 Å². The van der Waals surface area contributed by atoms with Crippen LogP contribution in [0.3, 0.4) is 0 Å². The quantitative estimate of drug-likeness (QED) is 0.629. The number of carbonyl (C=O) groups excluding carboxylic acids is 2. The highest BCUT2D eigenvalue weighted by Crippen LogP contribution is 2.15. The summed E-state index contributed by atoms with van der Waals surface area (Å²) < 4.78 is 0. The summed E-state index contributed by atoms with van der Waals surface area (Å²) in [5.41, 5.74) is 2.35. The minimum absolute atomic E-state index is 0.0675. The van der Waals surface area contributed by atoms with Gasteiger partial charge >= 0.3 is 0 Å². The lowest BCUT2D eigenvalue weighted by molar-refractivity contribution is -0.104. The van der Waals surface area contributed by atoms with Gasteiger partial charge in [0.2, 0.25) is 0 Å². The summed E-state index contributed by atoms with van der Waals surface area (Å²) >= 11 is 0. The van der Waals surface area contributed by atoms with Crippen molar-refractivity contribution in [2.45, 2.75) is 0 Å². The van der Waals surface area contributed by atoms with Gasteiger partial charge in [-0.25, -0.2) is 0 Å². The average Bonchev–Trinajstić information content (AvgIpc) is 2.53. The summed E-state index contributed by atoms with van der Waals surface area (Å²) in [6.07, 6.45) is 3.84. The van der Waals surface area contributed by atoms with Crippen LogP contribution in [0.1, 0.15) is 15.9 Å². The van der Waals surface area contributed by atoms with Crippen molar-refractivity contribution in [3.05, 3.63) is 71.8 Å². The molecule has 100 valence electrons. The number of para-hydroxylation sites is 1. The van der Waals surface area contributed by atoms with Crippen LogP contribution in [0, 0.1) is 0 Å². The standard InChI is InChI=1S/C17H15NO2/c1-18(16-7-3-2-4-8-16)17(20)15-11-9-14(10-12-15)6-5-13-19/h2-13H,1H3/b6-5+. The molecule has 0 spiro atoms. The first-order chi connectivity index (χ1) is 9.72. The highest BCUT2D eigenvalue weighted by atomic mass is 16.2. The average molecular weight is 265 g/mol. The highest BCUT2D eigenvalue weighted by molar-refractivity contribution is 6.05. The second-order valence-electron chi connectivity index (χ2n) is 4.32. The zero-order valence-electron chi connectivity index (χ0n) is 11.2. The van der Waals surface area contributed by atoms with E-state index < -0.39 is 0 Å². The number of hydrogen-bond acceptors (Lipinski definition) is 2. The van der Waals surface area contributed by atoms with E-state index in [4.69, 9.17) is 0 Å². The van der Waals surface area contributed by atoms with E-state index in [-0.39, 0.29) is 5.91 Å². The Bertz CT molecular complexity index is 615. The third-order valence-corrected chi connectivity index (χ3v) is 2.97. The number of benzene rings is 2. The Morgan fingerprint density at radius 1 is 1.00 bits per heavy atom. The molecule has 1 amide bonds. The molecule has 0 heterocycles. The van der Waals surface area contributed by atoms with Gasteiger partial charge in [0.1, 0.15) is 6.29 Å². The second-order valence-corrected chi connectivity index (χ2v) is 4.32. The van der Waals surface area contributed by atoms with Crippen molar-refractivity contribution < 1.29 is 9.59 Å². The van der Waals surface area contributed by atoms with E-state index >= 15 is 0 Å². The lowest BCUT2D eigenvalue weighted by Crippen LogP contribution is -2.25. The summed E-state index contributed by atoms with van der Waals surface area (Å²) in [5.74, 6) is -0.0675. The molecule has 3 nitrogen and oxygen atoms in total. The molecule has 2 aromatic rings. The number of nitrogens with zero attached hydrogens (tertiary/aromatic N) is 1. The molecule has 2 rings (SSSR count). The van der Waals surface area contributed by atoms with E-state index in [1.807, 2.05) is 42.5 Å². The Morgan fingerprint density at radius 3 is 2.25 bits per heavy atom. The Balaban J connectivity index is 2.17. The van der Waals surface area contributed by atoms with Crippen LogP contribution in [0.2, 0.25) is 0 Å². The van der Waals surface area contributed by atoms with Crippen LogP contribution in [0.15, 0.2) is 60.7 Å². The zero-order chi connectivity index (χ0) is 14.4. The normalized spacial score (nSPS) is 10.4. The molecule has 0 saturated heterocycles. The summed E-state index contributed by atoms with van der Waals surface area (Å²) in [7, 11) is 1.75. The Labute approximate surface area is 118 Å². The SMILES string of the molecule is CN(C(=O)c1ccc(/C=C/C=O)cc1)c1ccccc1. The fraction of sp³-hybridized carbons (Fsp3) is 0.0588. The third kappa shape index (κ3) is 3.20. The number of amides is 1. The number of aldehydes is 1. The fourth-order valence-electron chi connectivity index (χ4n) is 1.85. The molecule has 0 N–H and O–H groups in total. The predicted molar refractivity (Wildman–Crippen MR) is 80.7 cm³/mol. The molecule has 0 saturated carbocycles. The van der Waals surface area contributed by atoms with Gasteiger partial charge in [-0.2, -0.15) is 0 Å². The van der Waals surface area contributed by atoms with Gasteiger partial charge in [0.25, 0.3) is 5.91 Å². The van der Waals surface area contributed by atoms with Crippen molar-refractivity contribution in [3.8, 4) is 0 Å². The topological polar surface area (TPSA) is 37.4 Å². The van der Waals surface area contributed by atoms with Crippen LogP contribution in [-0.2, 0) is 4.79 Å². The first-order valence-electron chi connectivity index (χ1n) is 6.27. The Morgan fingerprint density at radius 2 is 1.65 bits per heavy atom. The van der Waals surface area contributed by atoms with Gasteiger partial charge in [0.05, 0.1) is 0 Å². The molecular weight excluding hydrogens is 250 g/mol. The Hall–Kier alpha value is -2.68. The summed E-state index contributed by atoms with van der Waals surface area (Å²) in [5, 5.41) is 0. The van der Waals surface area contributed by atoms with Crippen molar-refractivity contribution in [3.63, 3.8) is 0 Å². The number of hydrogen-bond donors (Lipinski definition) is 0. The van der Waals surface area contributed by atoms with Crippen LogP contribution >= 0.6 is 0 Å². The molecule has 0 unspecified atom stereocenters. The number of rotatable bonds is 4. The molecule has 2 aromatic carbocycles. The highest BCUT2D eigenvalue weighted by Gasteiger charge is 2.12. The fourth-order valence-corrected chi connectivity index (χ4v) is 1.85. The van der Waals surface area contributed by atoms with Gasteiger partial charge in [-0.05, 0) is 35.9 Å². The minimum Gasteiger partial charge on any atom is -0.311 e. The van der Waals surface area contributed by atoms with Crippen LogP contribution < -0.4 is 4.90 Å². The van der Waals surface area contributed by atoms with Crippen molar-refractivity contribution >= 4 is 24.0 Å². The monoisotopic (exact) mass is 265 g/mol. The molecular formula is C17H15NO2. The molecule has 0 aliphatic heterocycles. The predicted octanol–water partition coefficient (Wildman–Crippen LogP) is 3.18. The van der Waals surface area contributed by atoms with Gasteiger partial charge in [-0.1, -0.05) is 36.4 Å². The maximum absolute atomic E-state index is 12.3. The lowest BCUT2D eigenvalue weighted by atomic mass is 10.1. The van der Waals surface area contributed by atoms with Crippen LogP contribution in [0.5, 0.6) is 0 Å². The largest absolute Gasteiger partial charge is 0.311 e. The van der Waals surface area contributed by atoms with Crippen molar-refractivity contribution in [1.82, 2.24) is 0 Å². The van der Waals surface area contributed by atoms with Crippen molar-refractivity contribution in [2.24, 2.45) is 0 Å². The molecule has 0 bridgehead atoms. The molecule has 20 heavy (non-hydrogen) atoms. The number of allylic oxidation sites excluding steroid dienone is 1. The van der Waals surface area contributed by atoms with Crippen molar-refractivity contribution in [2.75, 3.05) is 11.9 Å². The third-order valence-electron chi connectivity index (χ3n) is 2.97. The summed E-state index contributed by atoms with van der Waals surface area (Å²) in [6.45, 7) is 0. The first-order valence-corrected chi connectivity index (χ1v) is 6.27. The van der Waals surface area contributed by atoms with E-state index in [1.54, 1.807) is 30.2 Å². The smallest absolute Gasteiger partial charge is 0.258 e. The van der Waals surface area contributed by atoms with Crippen LogP contribution in [-0.4, -0.2) is 19.2 Å². The van der Waals surface area contributed by atoms with Gasteiger partial charge in [0.15, 0.2) is 0 Å². The maximum Gasteiger partial charge on any atom is 0.258 e. The van der Waals surface area contributed by atoms with Gasteiger partial charge in [-0.15, -0.1) is 0 Å². The lowest BCUT2D eigenvalue weighted by Gasteiger charge is -2.17. The molecule has 0 aromatic heterocycles. The summed E-state index contributed by atoms with van der Waals surface area (Å²) in [4.78, 5) is 24.2. The molecule has 0 radical (unpaired) electrons. The second kappa shape index (κ2) is 6.48. The molecule has 0 atom stereocenters. The molecule has 0 aliphatic carbocycles. The van der Waals surface area contributed by atoms with Gasteiger partial charge in [0, 0.05) is 18.3 Å². The van der Waals surface area contributed by atoms with Crippen LogP contribution in [0.4, 0.5) is 5.69 Å². The number of carbonyl (C=O) groups is 2. The maximum atomic E-state index is 12.3. The first kappa shape index (κ1) is 13.7. The molecule has 0 fully saturated rings. The molecule has 3 heteroatoms. The van der Waals surface area contributed by atoms with E-state index in [2.05, 4.69) is 0 Å². The van der Waals surface area contributed by atoms with Crippen molar-refractivity contribution in [1.29, 1.82) is 0 Å². The van der Waals surface area contributed by atoms with Gasteiger partial charge in [-0.3, -0.25) is 9.59 Å². The van der Waals surface area contributed by atoms with E-state index in [1.165, 1.54) is 6.08 Å². The zero-order valence-corrected chi connectivity index (χ0v) is 11.2. The van der Waals surface area contributed by atoms with E-state index in [9.17, 15) is 9.59 Å². The van der Waals surface area contributed by atoms with E-state index in [0.29, 0.717) is 5.56 Å². The van der Waals surface area contributed by atoms with Crippen LogP contribution in [0.25, 0.3) is 6.08 Å². The number of anilines is 1. The minimum atomic E-state index is -0.0675. The van der Waals surface area contributed by atoms with E-state index in [0.717, 1.165) is 17.5 Å². The molecule has 0 aliphatic rings. The summed E-state index contributed by atoms with van der Waals surface area (Å²) in [6, 6.07) is 16.6.